The fourth-order valence-electron chi connectivity index (χ4n) is 8.89. The van der Waals surface area contributed by atoms with Gasteiger partial charge in [-0.2, -0.15) is 0 Å². The molecule has 0 bridgehead atoms. The van der Waals surface area contributed by atoms with E-state index in [4.69, 9.17) is 14.5 Å². The van der Waals surface area contributed by atoms with E-state index in [1.165, 1.54) is 10.6 Å². The molecule has 55 heavy (non-hydrogen) atoms. The summed E-state index contributed by atoms with van der Waals surface area (Å²) in [6.45, 7) is 2.75. The van der Waals surface area contributed by atoms with E-state index in [0.29, 0.717) is 51.8 Å². The van der Waals surface area contributed by atoms with Crippen LogP contribution in [0.5, 0.6) is 0 Å². The lowest BCUT2D eigenvalue weighted by atomic mass is 9.81. The maximum atomic E-state index is 15.3. The third-order valence-corrected chi connectivity index (χ3v) is 11.8. The highest BCUT2D eigenvalue weighted by Crippen LogP contribution is 2.47. The molecule has 3 aromatic carbocycles. The van der Waals surface area contributed by atoms with Gasteiger partial charge in [0.15, 0.2) is 5.60 Å². The quantitative estimate of drug-likeness (QED) is 0.172. The summed E-state index contributed by atoms with van der Waals surface area (Å²) in [7, 11) is 0. The average molecular weight is 745 g/mol. The number of aromatic nitrogens is 2. The van der Waals surface area contributed by atoms with Crippen molar-refractivity contribution in [3.63, 3.8) is 0 Å². The van der Waals surface area contributed by atoms with Crippen molar-refractivity contribution in [2.75, 3.05) is 13.2 Å². The molecule has 2 aliphatic carbocycles. The minimum Gasteiger partial charge on any atom is -0.458 e. The number of pyridine rings is 2. The van der Waals surface area contributed by atoms with Crippen LogP contribution < -0.4 is 16.2 Å². The van der Waals surface area contributed by atoms with Gasteiger partial charge in [-0.15, -0.1) is 0 Å². The van der Waals surface area contributed by atoms with Gasteiger partial charge in [-0.3, -0.25) is 9.59 Å². The van der Waals surface area contributed by atoms with Gasteiger partial charge in [-0.25, -0.2) is 19.0 Å². The van der Waals surface area contributed by atoms with Gasteiger partial charge in [0.1, 0.15) is 25.1 Å². The lowest BCUT2D eigenvalue weighted by Gasteiger charge is -2.31. The number of carbonyl (C=O) groups excluding carboxylic acids is 3. The Kier molecular flexibility index (Phi) is 8.13. The Balaban J connectivity index is 0.966. The van der Waals surface area contributed by atoms with Crippen LogP contribution in [0.15, 0.2) is 65.5 Å². The molecule has 13 heteroatoms. The maximum Gasteiger partial charge on any atom is 0.407 e. The number of aliphatic hydroxyl groups is 2. The SMILES string of the molecule is CC[C@@]1(O)C(=O)OCc2c1cc1n(c2=O)Cc2c-1nc1cc(F)c(C)c3c1c2[C@@H](NC(=O)C(O)CNC(=O)OCC1c2ccccc2-c2ccccc21)CC3. The Morgan fingerprint density at radius 1 is 1.07 bits per heavy atom. The first-order valence-corrected chi connectivity index (χ1v) is 18.4. The fraction of sp³-hybridized carbons (Fsp3) is 0.310. The Hall–Kier alpha value is -5.92. The largest absolute Gasteiger partial charge is 0.458 e. The summed E-state index contributed by atoms with van der Waals surface area (Å²) >= 11 is 0. The minimum absolute atomic E-state index is 0.0224. The standard InChI is InChI=1S/C42H37FN4O8/c1-3-42(53)29-14-33-37-26(17-47(33)39(50)28(29)19-54-40(42)51)36-31(13-12-21-20(2)30(43)15-32(45-37)35(21)36)46-38(49)34(48)16-44-41(52)55-18-27-24-10-6-4-8-22(24)23-9-5-7-11-25(23)27/h4-11,14-15,27,31,34,48,53H,3,12-13,16-19H2,1-2H3,(H,44,52)(H,46,49)/t31-,34?,42-/m0/s1. The second kappa shape index (κ2) is 12.8. The van der Waals surface area contributed by atoms with Gasteiger partial charge in [0.25, 0.3) is 11.5 Å². The van der Waals surface area contributed by atoms with Crippen molar-refractivity contribution in [2.24, 2.45) is 0 Å². The predicted octanol–water partition coefficient (Wildman–Crippen LogP) is 4.53. The molecule has 4 aliphatic rings. The minimum atomic E-state index is -2.02. The summed E-state index contributed by atoms with van der Waals surface area (Å²) in [6, 6.07) is 18.2. The molecule has 4 heterocycles. The molecule has 0 fully saturated rings. The Morgan fingerprint density at radius 3 is 2.49 bits per heavy atom. The zero-order chi connectivity index (χ0) is 38.3. The average Bonchev–Trinajstić information content (AvgIpc) is 3.72. The number of nitrogens with zero attached hydrogens (tertiary/aromatic N) is 2. The number of cyclic esters (lactones) is 1. The Bertz CT molecular complexity index is 2520. The van der Waals surface area contributed by atoms with Gasteiger partial charge in [0.2, 0.25) is 0 Å². The van der Waals surface area contributed by atoms with E-state index in [2.05, 4.69) is 10.6 Å². The number of ether oxygens (including phenoxy) is 2. The highest BCUT2D eigenvalue weighted by atomic mass is 19.1. The summed E-state index contributed by atoms with van der Waals surface area (Å²) in [5, 5.41) is 28.4. The van der Waals surface area contributed by atoms with Gasteiger partial charge in [0, 0.05) is 28.5 Å². The monoisotopic (exact) mass is 744 g/mol. The number of rotatable bonds is 7. The molecule has 2 aromatic heterocycles. The molecule has 2 aliphatic heterocycles. The fourth-order valence-corrected chi connectivity index (χ4v) is 8.89. The number of aliphatic hydroxyl groups excluding tert-OH is 1. The van der Waals surface area contributed by atoms with Crippen LogP contribution in [0, 0.1) is 12.7 Å². The molecule has 3 atom stereocenters. The molecule has 4 N–H and O–H groups in total. The van der Waals surface area contributed by atoms with Crippen LogP contribution in [0.2, 0.25) is 0 Å². The van der Waals surface area contributed by atoms with E-state index in [0.717, 1.165) is 27.8 Å². The van der Waals surface area contributed by atoms with Crippen LogP contribution >= 0.6 is 0 Å². The number of esters is 1. The third-order valence-electron chi connectivity index (χ3n) is 11.8. The number of hydrogen-bond donors (Lipinski definition) is 4. The molecule has 9 rings (SSSR count). The van der Waals surface area contributed by atoms with Crippen LogP contribution in [0.4, 0.5) is 9.18 Å². The number of carbonyl (C=O) groups is 3. The van der Waals surface area contributed by atoms with Crippen molar-refractivity contribution in [1.29, 1.82) is 0 Å². The number of amides is 2. The summed E-state index contributed by atoms with van der Waals surface area (Å²) in [5.41, 5.74) is 5.65. The number of benzene rings is 3. The highest BCUT2D eigenvalue weighted by Gasteiger charge is 2.46. The first-order valence-electron chi connectivity index (χ1n) is 18.4. The van der Waals surface area contributed by atoms with Crippen molar-refractivity contribution in [1.82, 2.24) is 20.2 Å². The Labute approximate surface area is 313 Å². The van der Waals surface area contributed by atoms with E-state index in [1.54, 1.807) is 19.9 Å². The van der Waals surface area contributed by atoms with Crippen molar-refractivity contribution in [3.05, 3.63) is 121 Å². The Morgan fingerprint density at radius 2 is 1.78 bits per heavy atom. The molecular formula is C42H37FN4O8. The molecule has 0 radical (unpaired) electrons. The second-order valence-electron chi connectivity index (χ2n) is 14.6. The van der Waals surface area contributed by atoms with E-state index in [-0.39, 0.29) is 43.2 Å². The summed E-state index contributed by atoms with van der Waals surface area (Å²) < 4.78 is 27.6. The summed E-state index contributed by atoms with van der Waals surface area (Å²) in [6.07, 6.45) is -1.65. The number of alkyl carbamates (subject to hydrolysis) is 1. The number of hydrogen-bond acceptors (Lipinski definition) is 9. The number of nitrogens with one attached hydrogen (secondary N) is 2. The molecule has 0 saturated heterocycles. The predicted molar refractivity (Wildman–Crippen MR) is 198 cm³/mol. The first-order chi connectivity index (χ1) is 26.5. The lowest BCUT2D eigenvalue weighted by Crippen LogP contribution is -2.44. The topological polar surface area (TPSA) is 169 Å². The third kappa shape index (κ3) is 5.28. The van der Waals surface area contributed by atoms with Crippen LogP contribution in [0.1, 0.15) is 76.2 Å². The van der Waals surface area contributed by atoms with Crippen LogP contribution in [0.3, 0.4) is 0 Å². The first kappa shape index (κ1) is 34.8. The van der Waals surface area contributed by atoms with E-state index in [1.807, 2.05) is 48.5 Å². The molecule has 1 unspecified atom stereocenters. The van der Waals surface area contributed by atoms with E-state index < -0.39 is 53.6 Å². The van der Waals surface area contributed by atoms with Crippen LogP contribution in [-0.2, 0) is 44.2 Å². The van der Waals surface area contributed by atoms with Crippen LogP contribution in [0.25, 0.3) is 33.4 Å². The molecule has 5 aromatic rings. The molecule has 2 amide bonds. The molecule has 280 valence electrons. The summed E-state index contributed by atoms with van der Waals surface area (Å²) in [5.74, 6) is -2.18. The molecular weight excluding hydrogens is 707 g/mol. The van der Waals surface area contributed by atoms with Crippen molar-refractivity contribution < 1.29 is 38.5 Å². The normalized spacial score (nSPS) is 19.4. The highest BCUT2D eigenvalue weighted by molar-refractivity contribution is 5.94. The zero-order valence-corrected chi connectivity index (χ0v) is 30.1. The number of aryl methyl sites for hydroxylation is 1. The van der Waals surface area contributed by atoms with E-state index >= 15 is 4.39 Å². The zero-order valence-electron chi connectivity index (χ0n) is 30.1. The van der Waals surface area contributed by atoms with E-state index in [9.17, 15) is 29.4 Å². The van der Waals surface area contributed by atoms with Gasteiger partial charge in [0.05, 0.1) is 41.6 Å². The lowest BCUT2D eigenvalue weighted by molar-refractivity contribution is -0.172. The van der Waals surface area contributed by atoms with Gasteiger partial charge in [-0.1, -0.05) is 55.5 Å². The van der Waals surface area contributed by atoms with Gasteiger partial charge in [-0.05, 0) is 71.2 Å². The van der Waals surface area contributed by atoms with Crippen molar-refractivity contribution >= 4 is 28.9 Å². The second-order valence-corrected chi connectivity index (χ2v) is 14.6. The van der Waals surface area contributed by atoms with Crippen molar-refractivity contribution in [3.8, 4) is 22.5 Å². The summed E-state index contributed by atoms with van der Waals surface area (Å²) in [4.78, 5) is 57.8. The maximum absolute atomic E-state index is 15.3. The van der Waals surface area contributed by atoms with Crippen molar-refractivity contribution in [2.45, 2.75) is 69.9 Å². The van der Waals surface area contributed by atoms with Crippen LogP contribution in [-0.4, -0.2) is 57.0 Å². The molecule has 12 nitrogen and oxygen atoms in total. The number of fused-ring (bicyclic) bond motifs is 8. The number of halogens is 1. The molecule has 0 saturated carbocycles. The molecule has 0 spiro atoms. The van der Waals surface area contributed by atoms with Gasteiger partial charge < -0.3 is 34.9 Å². The van der Waals surface area contributed by atoms with Gasteiger partial charge >= 0.3 is 12.1 Å². The smallest absolute Gasteiger partial charge is 0.407 e.